The Balaban J connectivity index is 2.01. The van der Waals surface area contributed by atoms with Crippen LogP contribution in [0.25, 0.3) is 0 Å². The summed E-state index contributed by atoms with van der Waals surface area (Å²) < 4.78 is 0. The van der Waals surface area contributed by atoms with Gasteiger partial charge in [0.15, 0.2) is 0 Å². The van der Waals surface area contributed by atoms with E-state index in [1.807, 2.05) is 0 Å². The summed E-state index contributed by atoms with van der Waals surface area (Å²) in [5, 5.41) is 10.6. The molecule has 0 radical (unpaired) electrons. The summed E-state index contributed by atoms with van der Waals surface area (Å²) in [6, 6.07) is 8.38. The van der Waals surface area contributed by atoms with E-state index in [0.29, 0.717) is 0 Å². The minimum absolute atomic E-state index is 0.488. The maximum absolute atomic E-state index is 10.6. The Morgan fingerprint density at radius 1 is 1.24 bits per heavy atom. The van der Waals surface area contributed by atoms with Crippen molar-refractivity contribution in [3.8, 4) is 0 Å². The first-order valence-corrected chi connectivity index (χ1v) is 6.62. The third-order valence-electron chi connectivity index (χ3n) is 4.01. The monoisotopic (exact) mass is 233 g/mol. The molecule has 1 N–H and O–H groups in total. The van der Waals surface area contributed by atoms with Crippen LogP contribution in [0.2, 0.25) is 0 Å². The first kappa shape index (κ1) is 12.6. The summed E-state index contributed by atoms with van der Waals surface area (Å²) in [6.45, 7) is 7.46. The van der Waals surface area contributed by atoms with Crippen LogP contribution >= 0.6 is 0 Å². The van der Waals surface area contributed by atoms with E-state index < -0.39 is 5.60 Å². The molecule has 0 atom stereocenters. The third kappa shape index (κ3) is 3.08. The molecule has 1 saturated heterocycles. The molecule has 0 aliphatic carbocycles. The van der Waals surface area contributed by atoms with Gasteiger partial charge in [0.2, 0.25) is 0 Å². The molecule has 0 spiro atoms. The first-order valence-electron chi connectivity index (χ1n) is 6.62. The van der Waals surface area contributed by atoms with Crippen molar-refractivity contribution in [2.45, 2.75) is 38.7 Å². The van der Waals surface area contributed by atoms with Gasteiger partial charge in [-0.15, -0.1) is 0 Å². The van der Waals surface area contributed by atoms with Crippen molar-refractivity contribution < 1.29 is 5.11 Å². The normalized spacial score (nSPS) is 20.4. The van der Waals surface area contributed by atoms with Crippen LogP contribution in [0.3, 0.4) is 0 Å². The first-order chi connectivity index (χ1) is 8.13. The highest BCUT2D eigenvalue weighted by Crippen LogP contribution is 2.27. The summed E-state index contributed by atoms with van der Waals surface area (Å²) in [6.07, 6.45) is 2.60. The molecule has 1 fully saturated rings. The lowest BCUT2D eigenvalue weighted by Crippen LogP contribution is -2.45. The molecule has 2 rings (SSSR count). The highest BCUT2D eigenvalue weighted by atomic mass is 16.3. The number of benzene rings is 1. The Morgan fingerprint density at radius 2 is 1.88 bits per heavy atom. The highest BCUT2D eigenvalue weighted by molar-refractivity contribution is 5.27. The van der Waals surface area contributed by atoms with Gasteiger partial charge in [-0.2, -0.15) is 0 Å². The Kier molecular flexibility index (Phi) is 3.85. The van der Waals surface area contributed by atoms with E-state index in [4.69, 9.17) is 0 Å². The van der Waals surface area contributed by atoms with Crippen LogP contribution < -0.4 is 0 Å². The molecular formula is C15H23NO. The van der Waals surface area contributed by atoms with Crippen LogP contribution in [0.5, 0.6) is 0 Å². The van der Waals surface area contributed by atoms with Crippen LogP contribution in [0.1, 0.15) is 30.9 Å². The largest absolute Gasteiger partial charge is 0.389 e. The van der Waals surface area contributed by atoms with Gasteiger partial charge in [0.25, 0.3) is 0 Å². The summed E-state index contributed by atoms with van der Waals surface area (Å²) in [4.78, 5) is 2.41. The Morgan fingerprint density at radius 3 is 2.47 bits per heavy atom. The van der Waals surface area contributed by atoms with E-state index in [1.165, 1.54) is 11.1 Å². The maximum Gasteiger partial charge on any atom is 0.0712 e. The Labute approximate surface area is 104 Å². The molecule has 2 nitrogen and oxygen atoms in total. The minimum atomic E-state index is -0.488. The second kappa shape index (κ2) is 5.19. The predicted octanol–water partition coefficient (Wildman–Crippen LogP) is 2.38. The molecule has 94 valence electrons. The van der Waals surface area contributed by atoms with E-state index in [9.17, 15) is 5.11 Å². The van der Waals surface area contributed by atoms with Crippen LogP contribution in [-0.4, -0.2) is 35.2 Å². The second-order valence-corrected chi connectivity index (χ2v) is 5.26. The van der Waals surface area contributed by atoms with Crippen molar-refractivity contribution >= 4 is 0 Å². The van der Waals surface area contributed by atoms with Crippen molar-refractivity contribution in [2.75, 3.05) is 19.6 Å². The van der Waals surface area contributed by atoms with Crippen LogP contribution in [0.15, 0.2) is 24.3 Å². The summed E-state index contributed by atoms with van der Waals surface area (Å²) in [5.74, 6) is 0. The molecule has 1 heterocycles. The number of likely N-dealkylation sites (tertiary alicyclic amines) is 1. The summed E-state index contributed by atoms with van der Waals surface area (Å²) >= 11 is 0. The van der Waals surface area contributed by atoms with Gasteiger partial charge in [0.05, 0.1) is 5.60 Å². The number of rotatable bonds is 3. The quantitative estimate of drug-likeness (QED) is 0.866. The molecule has 1 aliphatic heterocycles. The van der Waals surface area contributed by atoms with E-state index in [2.05, 4.69) is 43.0 Å². The fourth-order valence-corrected chi connectivity index (χ4v) is 2.63. The van der Waals surface area contributed by atoms with Crippen LogP contribution in [0, 0.1) is 6.92 Å². The molecule has 0 unspecified atom stereocenters. The number of piperidine rings is 1. The van der Waals surface area contributed by atoms with Crippen LogP contribution in [0.4, 0.5) is 0 Å². The fraction of sp³-hybridized carbons (Fsp3) is 0.600. The van der Waals surface area contributed by atoms with E-state index >= 15 is 0 Å². The number of hydrogen-bond acceptors (Lipinski definition) is 2. The average molecular weight is 233 g/mol. The molecule has 0 amide bonds. The maximum atomic E-state index is 10.6. The van der Waals surface area contributed by atoms with Crippen molar-refractivity contribution in [1.82, 2.24) is 4.90 Å². The number of aryl methyl sites for hydroxylation is 1. The molecule has 0 aromatic heterocycles. The topological polar surface area (TPSA) is 23.5 Å². The van der Waals surface area contributed by atoms with Gasteiger partial charge in [-0.1, -0.05) is 31.2 Å². The van der Waals surface area contributed by atoms with Crippen molar-refractivity contribution in [3.63, 3.8) is 0 Å². The van der Waals surface area contributed by atoms with Gasteiger partial charge in [0, 0.05) is 19.5 Å². The third-order valence-corrected chi connectivity index (χ3v) is 4.01. The van der Waals surface area contributed by atoms with Gasteiger partial charge in [-0.25, -0.2) is 0 Å². The van der Waals surface area contributed by atoms with E-state index in [0.717, 1.165) is 38.9 Å². The number of nitrogens with zero attached hydrogens (tertiary/aromatic N) is 1. The van der Waals surface area contributed by atoms with Crippen molar-refractivity contribution in [3.05, 3.63) is 35.4 Å². The van der Waals surface area contributed by atoms with Crippen molar-refractivity contribution in [1.29, 1.82) is 0 Å². The summed E-state index contributed by atoms with van der Waals surface area (Å²) in [7, 11) is 0. The molecule has 17 heavy (non-hydrogen) atoms. The lowest BCUT2D eigenvalue weighted by Gasteiger charge is -2.38. The molecule has 1 aromatic rings. The Bertz CT molecular complexity index is 367. The molecule has 1 aromatic carbocycles. The fourth-order valence-electron chi connectivity index (χ4n) is 2.63. The van der Waals surface area contributed by atoms with Gasteiger partial charge in [-0.3, -0.25) is 0 Å². The minimum Gasteiger partial charge on any atom is -0.389 e. The lowest BCUT2D eigenvalue weighted by molar-refractivity contribution is -0.0195. The highest BCUT2D eigenvalue weighted by Gasteiger charge is 2.32. The van der Waals surface area contributed by atoms with Gasteiger partial charge in [-0.05, 0) is 37.4 Å². The average Bonchev–Trinajstić information content (AvgIpc) is 2.33. The SMILES string of the molecule is CCN1CCC(O)(Cc2ccccc2C)CC1. The zero-order valence-corrected chi connectivity index (χ0v) is 10.9. The van der Waals surface area contributed by atoms with Crippen molar-refractivity contribution in [2.24, 2.45) is 0 Å². The lowest BCUT2D eigenvalue weighted by atomic mass is 9.84. The number of hydrogen-bond donors (Lipinski definition) is 1. The predicted molar refractivity (Wildman–Crippen MR) is 71.2 cm³/mol. The summed E-state index contributed by atoms with van der Waals surface area (Å²) in [5.41, 5.74) is 2.09. The van der Waals surface area contributed by atoms with E-state index in [1.54, 1.807) is 0 Å². The molecule has 0 saturated carbocycles. The van der Waals surface area contributed by atoms with Gasteiger partial charge in [0.1, 0.15) is 0 Å². The standard InChI is InChI=1S/C15H23NO/c1-3-16-10-8-15(17,9-11-16)12-14-7-5-4-6-13(14)2/h4-7,17H,3,8-12H2,1-2H3. The zero-order valence-electron chi connectivity index (χ0n) is 10.9. The molecule has 0 bridgehead atoms. The van der Waals surface area contributed by atoms with Gasteiger partial charge >= 0.3 is 0 Å². The second-order valence-electron chi connectivity index (χ2n) is 5.26. The molecule has 2 heteroatoms. The van der Waals surface area contributed by atoms with E-state index in [-0.39, 0.29) is 0 Å². The van der Waals surface area contributed by atoms with Gasteiger partial charge < -0.3 is 10.0 Å². The smallest absolute Gasteiger partial charge is 0.0712 e. The zero-order chi connectivity index (χ0) is 12.3. The number of aliphatic hydroxyl groups is 1. The molecule has 1 aliphatic rings. The Hall–Kier alpha value is -0.860. The molecular weight excluding hydrogens is 210 g/mol. The van der Waals surface area contributed by atoms with Crippen LogP contribution in [-0.2, 0) is 6.42 Å².